The van der Waals surface area contributed by atoms with Crippen molar-refractivity contribution < 1.29 is 4.79 Å². The second kappa shape index (κ2) is 5.53. The van der Waals surface area contributed by atoms with Crippen LogP contribution in [0.25, 0.3) is 0 Å². The molecule has 1 atom stereocenters. The average Bonchev–Trinajstić information content (AvgIpc) is 2.02. The Bertz CT molecular complexity index is 209. The molecule has 0 fully saturated rings. The predicted molar refractivity (Wildman–Crippen MR) is 65.8 cm³/mol. The SMILES string of the molecule is CCCC(C)(C)C(C)N(C(C)=O)C(C)C. The molecule has 15 heavy (non-hydrogen) atoms. The van der Waals surface area contributed by atoms with Crippen LogP contribution in [0.5, 0.6) is 0 Å². The number of nitrogens with zero attached hydrogens (tertiary/aromatic N) is 1. The van der Waals surface area contributed by atoms with Crippen LogP contribution in [0, 0.1) is 5.41 Å². The van der Waals surface area contributed by atoms with Gasteiger partial charge in [0.2, 0.25) is 5.91 Å². The van der Waals surface area contributed by atoms with Crippen LogP contribution < -0.4 is 0 Å². The first-order chi connectivity index (χ1) is 6.74. The summed E-state index contributed by atoms with van der Waals surface area (Å²) in [5.74, 6) is 0.182. The summed E-state index contributed by atoms with van der Waals surface area (Å²) in [5.41, 5.74) is 0.199. The maximum atomic E-state index is 11.6. The zero-order chi connectivity index (χ0) is 12.2. The minimum atomic E-state index is 0.182. The van der Waals surface area contributed by atoms with Crippen molar-refractivity contribution >= 4 is 5.91 Å². The van der Waals surface area contributed by atoms with E-state index in [0.717, 1.165) is 6.42 Å². The van der Waals surface area contributed by atoms with Crippen molar-refractivity contribution in [3.05, 3.63) is 0 Å². The van der Waals surface area contributed by atoms with E-state index in [1.54, 1.807) is 6.92 Å². The molecule has 0 saturated carbocycles. The first-order valence-corrected chi connectivity index (χ1v) is 6.03. The average molecular weight is 213 g/mol. The van der Waals surface area contributed by atoms with Crippen LogP contribution in [-0.2, 0) is 4.79 Å². The Morgan fingerprint density at radius 1 is 1.27 bits per heavy atom. The van der Waals surface area contributed by atoms with Crippen LogP contribution in [0.15, 0.2) is 0 Å². The Morgan fingerprint density at radius 3 is 2.00 bits per heavy atom. The molecule has 0 saturated heterocycles. The van der Waals surface area contributed by atoms with Gasteiger partial charge in [0.05, 0.1) is 0 Å². The van der Waals surface area contributed by atoms with E-state index in [-0.39, 0.29) is 17.4 Å². The molecule has 0 aromatic heterocycles. The molecule has 0 heterocycles. The van der Waals surface area contributed by atoms with Gasteiger partial charge in [-0.3, -0.25) is 4.79 Å². The van der Waals surface area contributed by atoms with Crippen molar-refractivity contribution in [2.75, 3.05) is 0 Å². The molecule has 0 aromatic carbocycles. The van der Waals surface area contributed by atoms with Crippen LogP contribution in [0.1, 0.15) is 61.3 Å². The smallest absolute Gasteiger partial charge is 0.219 e. The van der Waals surface area contributed by atoms with E-state index in [9.17, 15) is 4.79 Å². The van der Waals surface area contributed by atoms with Gasteiger partial charge in [0.1, 0.15) is 0 Å². The van der Waals surface area contributed by atoms with Crippen LogP contribution >= 0.6 is 0 Å². The molecule has 2 heteroatoms. The first kappa shape index (κ1) is 14.5. The molecule has 90 valence electrons. The van der Waals surface area contributed by atoms with Crippen molar-refractivity contribution in [3.63, 3.8) is 0 Å². The second-order valence-corrected chi connectivity index (χ2v) is 5.43. The molecule has 2 nitrogen and oxygen atoms in total. The number of amides is 1. The van der Waals surface area contributed by atoms with Crippen molar-refractivity contribution in [1.82, 2.24) is 4.90 Å². The Hall–Kier alpha value is -0.530. The van der Waals surface area contributed by atoms with Gasteiger partial charge < -0.3 is 4.90 Å². The fourth-order valence-electron chi connectivity index (χ4n) is 2.31. The molecule has 0 spiro atoms. The highest BCUT2D eigenvalue weighted by Gasteiger charge is 2.32. The summed E-state index contributed by atoms with van der Waals surface area (Å²) in [5, 5.41) is 0. The second-order valence-electron chi connectivity index (χ2n) is 5.43. The van der Waals surface area contributed by atoms with E-state index < -0.39 is 0 Å². The summed E-state index contributed by atoms with van der Waals surface area (Å²) in [7, 11) is 0. The van der Waals surface area contributed by atoms with Gasteiger partial charge in [0.25, 0.3) is 0 Å². The van der Waals surface area contributed by atoms with Gasteiger partial charge in [-0.05, 0) is 32.6 Å². The molecule has 0 radical (unpaired) electrons. The van der Waals surface area contributed by atoms with Crippen LogP contribution in [0.3, 0.4) is 0 Å². The summed E-state index contributed by atoms with van der Waals surface area (Å²) in [6, 6.07) is 0.587. The molecular weight excluding hydrogens is 186 g/mol. The van der Waals surface area contributed by atoms with E-state index in [1.165, 1.54) is 6.42 Å². The molecule has 0 aliphatic carbocycles. The largest absolute Gasteiger partial charge is 0.337 e. The highest BCUT2D eigenvalue weighted by atomic mass is 16.2. The number of hydrogen-bond acceptors (Lipinski definition) is 1. The molecule has 1 amide bonds. The van der Waals surface area contributed by atoms with Crippen LogP contribution in [-0.4, -0.2) is 22.9 Å². The van der Waals surface area contributed by atoms with Gasteiger partial charge in [0.15, 0.2) is 0 Å². The van der Waals surface area contributed by atoms with E-state index in [4.69, 9.17) is 0 Å². The van der Waals surface area contributed by atoms with Crippen molar-refractivity contribution in [3.8, 4) is 0 Å². The third-order valence-electron chi connectivity index (χ3n) is 3.36. The van der Waals surface area contributed by atoms with Gasteiger partial charge in [-0.2, -0.15) is 0 Å². The van der Waals surface area contributed by atoms with E-state index in [1.807, 2.05) is 4.90 Å². The van der Waals surface area contributed by atoms with Gasteiger partial charge in [-0.15, -0.1) is 0 Å². The highest BCUT2D eigenvalue weighted by molar-refractivity contribution is 5.74. The Labute approximate surface area is 95.0 Å². The Kier molecular flexibility index (Phi) is 5.33. The molecule has 0 aromatic rings. The minimum absolute atomic E-state index is 0.182. The number of rotatable bonds is 5. The number of hydrogen-bond donors (Lipinski definition) is 0. The lowest BCUT2D eigenvalue weighted by atomic mass is 9.80. The minimum Gasteiger partial charge on any atom is -0.337 e. The van der Waals surface area contributed by atoms with Crippen LogP contribution in [0.2, 0.25) is 0 Å². The van der Waals surface area contributed by atoms with Crippen molar-refractivity contribution in [1.29, 1.82) is 0 Å². The van der Waals surface area contributed by atoms with E-state index in [2.05, 4.69) is 41.5 Å². The maximum absolute atomic E-state index is 11.6. The van der Waals surface area contributed by atoms with Crippen molar-refractivity contribution in [2.24, 2.45) is 5.41 Å². The molecule has 1 unspecified atom stereocenters. The van der Waals surface area contributed by atoms with Gasteiger partial charge in [-0.25, -0.2) is 0 Å². The number of carbonyl (C=O) groups is 1. The van der Waals surface area contributed by atoms with E-state index >= 15 is 0 Å². The lowest BCUT2D eigenvalue weighted by Crippen LogP contribution is -2.49. The van der Waals surface area contributed by atoms with Gasteiger partial charge in [-0.1, -0.05) is 27.2 Å². The van der Waals surface area contributed by atoms with Gasteiger partial charge in [0, 0.05) is 19.0 Å². The lowest BCUT2D eigenvalue weighted by Gasteiger charge is -2.42. The first-order valence-electron chi connectivity index (χ1n) is 6.03. The predicted octanol–water partition coefficient (Wildman–Crippen LogP) is 3.46. The summed E-state index contributed by atoms with van der Waals surface area (Å²) in [4.78, 5) is 13.6. The van der Waals surface area contributed by atoms with Crippen LogP contribution in [0.4, 0.5) is 0 Å². The quantitative estimate of drug-likeness (QED) is 0.685. The molecule has 0 bridgehead atoms. The topological polar surface area (TPSA) is 20.3 Å². The highest BCUT2D eigenvalue weighted by Crippen LogP contribution is 2.31. The zero-order valence-corrected chi connectivity index (χ0v) is 11.4. The van der Waals surface area contributed by atoms with E-state index in [0.29, 0.717) is 6.04 Å². The summed E-state index contributed by atoms with van der Waals surface area (Å²) < 4.78 is 0. The Morgan fingerprint density at radius 2 is 1.73 bits per heavy atom. The third kappa shape index (κ3) is 3.84. The summed E-state index contributed by atoms with van der Waals surface area (Å²) >= 11 is 0. The standard InChI is InChI=1S/C13H27NO/c1-8-9-13(6,7)11(4)14(10(2)3)12(5)15/h10-11H,8-9H2,1-7H3. The lowest BCUT2D eigenvalue weighted by molar-refractivity contribution is -0.135. The fourth-order valence-corrected chi connectivity index (χ4v) is 2.31. The summed E-state index contributed by atoms with van der Waals surface area (Å²) in [6.45, 7) is 14.7. The fraction of sp³-hybridized carbons (Fsp3) is 0.923. The van der Waals surface area contributed by atoms with Gasteiger partial charge >= 0.3 is 0 Å². The molecule has 0 aliphatic heterocycles. The molecule has 0 N–H and O–H groups in total. The monoisotopic (exact) mass is 213 g/mol. The Balaban J connectivity index is 4.77. The third-order valence-corrected chi connectivity index (χ3v) is 3.36. The maximum Gasteiger partial charge on any atom is 0.219 e. The molecular formula is C13H27NO. The summed E-state index contributed by atoms with van der Waals surface area (Å²) in [6.07, 6.45) is 2.33. The molecule has 0 aliphatic rings. The normalized spacial score (nSPS) is 14.1. The zero-order valence-electron chi connectivity index (χ0n) is 11.4. The van der Waals surface area contributed by atoms with Crippen molar-refractivity contribution in [2.45, 2.75) is 73.4 Å². The number of carbonyl (C=O) groups excluding carboxylic acids is 1. The molecule has 0 rings (SSSR count).